The maximum absolute atomic E-state index is 11.8. The molecule has 0 saturated carbocycles. The third kappa shape index (κ3) is 2.81. The van der Waals surface area contributed by atoms with Crippen LogP contribution in [0.4, 0.5) is 0 Å². The van der Waals surface area contributed by atoms with Crippen LogP contribution in [-0.2, 0) is 9.53 Å². The normalized spacial score (nSPS) is 15.8. The van der Waals surface area contributed by atoms with Crippen LogP contribution in [0.15, 0.2) is 59.5 Å². The number of nitrogens with zero attached hydrogens (tertiary/aromatic N) is 2. The van der Waals surface area contributed by atoms with Crippen molar-refractivity contribution in [1.29, 1.82) is 0 Å². The summed E-state index contributed by atoms with van der Waals surface area (Å²) < 4.78 is 10.3. The Hall–Kier alpha value is -2.95. The Balaban J connectivity index is 1.89. The number of carbonyl (C=O) groups excluding carboxylic acids is 1. The molecule has 5 nitrogen and oxygen atoms in total. The van der Waals surface area contributed by atoms with Gasteiger partial charge in [0.15, 0.2) is 5.70 Å². The molecule has 0 aliphatic carbocycles. The lowest BCUT2D eigenvalue weighted by atomic mass is 10.2. The molecule has 1 aromatic heterocycles. The van der Waals surface area contributed by atoms with Crippen molar-refractivity contribution in [3.63, 3.8) is 0 Å². The zero-order valence-electron chi connectivity index (χ0n) is 11.3. The van der Waals surface area contributed by atoms with Gasteiger partial charge in [-0.15, -0.1) is 0 Å². The van der Waals surface area contributed by atoms with Crippen molar-refractivity contribution in [1.82, 2.24) is 4.98 Å². The first-order valence-electron chi connectivity index (χ1n) is 6.33. The van der Waals surface area contributed by atoms with Gasteiger partial charge in [0.1, 0.15) is 5.75 Å². The third-order valence-corrected chi connectivity index (χ3v) is 2.97. The molecule has 21 heavy (non-hydrogen) atoms. The molecule has 5 heteroatoms. The van der Waals surface area contributed by atoms with E-state index in [1.807, 2.05) is 0 Å². The van der Waals surface area contributed by atoms with Gasteiger partial charge in [-0.1, -0.05) is 0 Å². The zero-order valence-corrected chi connectivity index (χ0v) is 11.3. The van der Waals surface area contributed by atoms with E-state index in [0.29, 0.717) is 5.90 Å². The summed E-state index contributed by atoms with van der Waals surface area (Å²) in [6.45, 7) is 0. The topological polar surface area (TPSA) is 60.8 Å². The fourth-order valence-corrected chi connectivity index (χ4v) is 1.88. The largest absolute Gasteiger partial charge is 0.497 e. The molecule has 2 aromatic rings. The van der Waals surface area contributed by atoms with Crippen LogP contribution >= 0.6 is 0 Å². The number of ether oxygens (including phenoxy) is 2. The molecular formula is C16H12N2O3. The predicted molar refractivity (Wildman–Crippen MR) is 77.8 cm³/mol. The molecule has 2 heterocycles. The van der Waals surface area contributed by atoms with Crippen molar-refractivity contribution in [2.45, 2.75) is 0 Å². The molecule has 0 atom stereocenters. The Labute approximate surface area is 121 Å². The van der Waals surface area contributed by atoms with Crippen molar-refractivity contribution in [3.8, 4) is 5.75 Å². The van der Waals surface area contributed by atoms with E-state index < -0.39 is 5.97 Å². The Morgan fingerprint density at radius 1 is 1.10 bits per heavy atom. The number of aromatic nitrogens is 1. The second kappa shape index (κ2) is 5.58. The SMILES string of the molecule is COc1ccc(C2=N/C(=C/c3ccncc3)C(=O)O2)cc1. The molecule has 1 aliphatic heterocycles. The van der Waals surface area contributed by atoms with Crippen molar-refractivity contribution < 1.29 is 14.3 Å². The van der Waals surface area contributed by atoms with Gasteiger partial charge in [-0.25, -0.2) is 9.79 Å². The number of aliphatic imine (C=N–C) groups is 1. The van der Waals surface area contributed by atoms with Gasteiger partial charge in [0.2, 0.25) is 5.90 Å². The first kappa shape index (κ1) is 13.1. The first-order chi connectivity index (χ1) is 10.3. The molecule has 3 rings (SSSR count). The van der Waals surface area contributed by atoms with Gasteiger partial charge in [-0.2, -0.15) is 0 Å². The molecule has 0 saturated heterocycles. The van der Waals surface area contributed by atoms with Crippen molar-refractivity contribution >= 4 is 17.9 Å². The van der Waals surface area contributed by atoms with Crippen LogP contribution in [0.1, 0.15) is 11.1 Å². The summed E-state index contributed by atoms with van der Waals surface area (Å²) >= 11 is 0. The highest BCUT2D eigenvalue weighted by Crippen LogP contribution is 2.20. The summed E-state index contributed by atoms with van der Waals surface area (Å²) in [5.74, 6) is 0.566. The van der Waals surface area contributed by atoms with Gasteiger partial charge in [0.05, 0.1) is 7.11 Å². The standard InChI is InChI=1S/C16H12N2O3/c1-20-13-4-2-12(3-5-13)15-18-14(16(19)21-15)10-11-6-8-17-9-7-11/h2-10H,1H3/b14-10+. The van der Waals surface area contributed by atoms with E-state index in [-0.39, 0.29) is 5.70 Å². The summed E-state index contributed by atoms with van der Waals surface area (Å²) in [5.41, 5.74) is 1.84. The second-order valence-corrected chi connectivity index (χ2v) is 4.35. The molecule has 0 fully saturated rings. The Morgan fingerprint density at radius 3 is 2.48 bits per heavy atom. The van der Waals surface area contributed by atoms with Crippen molar-refractivity contribution in [2.24, 2.45) is 4.99 Å². The highest BCUT2D eigenvalue weighted by molar-refractivity contribution is 6.12. The number of benzene rings is 1. The molecule has 0 unspecified atom stereocenters. The number of hydrogen-bond acceptors (Lipinski definition) is 5. The maximum Gasteiger partial charge on any atom is 0.363 e. The van der Waals surface area contributed by atoms with Gasteiger partial charge in [0.25, 0.3) is 0 Å². The van der Waals surface area contributed by atoms with Crippen molar-refractivity contribution in [2.75, 3.05) is 7.11 Å². The number of cyclic esters (lactones) is 1. The van der Waals surface area contributed by atoms with Gasteiger partial charge in [0, 0.05) is 18.0 Å². The van der Waals surface area contributed by atoms with Gasteiger partial charge >= 0.3 is 5.97 Å². The molecule has 0 amide bonds. The number of methoxy groups -OCH3 is 1. The van der Waals surface area contributed by atoms with Crippen molar-refractivity contribution in [3.05, 3.63) is 65.6 Å². The minimum Gasteiger partial charge on any atom is -0.497 e. The van der Waals surface area contributed by atoms with E-state index in [1.54, 1.807) is 62.0 Å². The number of carbonyl (C=O) groups is 1. The van der Waals surface area contributed by atoms with Crippen LogP contribution in [0.3, 0.4) is 0 Å². The molecule has 0 N–H and O–H groups in total. The van der Waals surface area contributed by atoms with E-state index in [0.717, 1.165) is 16.9 Å². The summed E-state index contributed by atoms with van der Waals surface area (Å²) in [7, 11) is 1.59. The number of pyridine rings is 1. The molecule has 0 spiro atoms. The maximum atomic E-state index is 11.8. The minimum atomic E-state index is -0.461. The quantitative estimate of drug-likeness (QED) is 0.640. The van der Waals surface area contributed by atoms with E-state index >= 15 is 0 Å². The van der Waals surface area contributed by atoms with Gasteiger partial charge in [-0.3, -0.25) is 4.98 Å². The van der Waals surface area contributed by atoms with E-state index in [4.69, 9.17) is 9.47 Å². The molecule has 104 valence electrons. The monoisotopic (exact) mass is 280 g/mol. The summed E-state index contributed by atoms with van der Waals surface area (Å²) in [6, 6.07) is 10.7. The Bertz CT molecular complexity index is 719. The van der Waals surface area contributed by atoms with E-state index in [1.165, 1.54) is 0 Å². The third-order valence-electron chi connectivity index (χ3n) is 2.97. The van der Waals surface area contributed by atoms with Crippen LogP contribution in [-0.4, -0.2) is 24.0 Å². The average Bonchev–Trinajstić information content (AvgIpc) is 2.89. The van der Waals surface area contributed by atoms with E-state index in [2.05, 4.69) is 9.98 Å². The van der Waals surface area contributed by atoms with Gasteiger partial charge in [-0.05, 0) is 48.0 Å². The number of esters is 1. The van der Waals surface area contributed by atoms with E-state index in [9.17, 15) is 4.79 Å². The van der Waals surface area contributed by atoms with Crippen LogP contribution in [0, 0.1) is 0 Å². The number of hydrogen-bond donors (Lipinski definition) is 0. The zero-order chi connectivity index (χ0) is 14.7. The van der Waals surface area contributed by atoms with Crippen LogP contribution in [0.5, 0.6) is 5.75 Å². The fraction of sp³-hybridized carbons (Fsp3) is 0.0625. The molecule has 0 radical (unpaired) electrons. The molecule has 1 aromatic carbocycles. The summed E-state index contributed by atoms with van der Waals surface area (Å²) in [5, 5.41) is 0. The Kier molecular flexibility index (Phi) is 3.47. The lowest BCUT2D eigenvalue weighted by Gasteiger charge is -2.01. The average molecular weight is 280 g/mol. The summed E-state index contributed by atoms with van der Waals surface area (Å²) in [6.07, 6.45) is 4.97. The first-order valence-corrected chi connectivity index (χ1v) is 6.33. The molecule has 0 bridgehead atoms. The molecule has 1 aliphatic rings. The lowest BCUT2D eigenvalue weighted by molar-refractivity contribution is -0.129. The van der Waals surface area contributed by atoms with Crippen LogP contribution in [0.25, 0.3) is 6.08 Å². The second-order valence-electron chi connectivity index (χ2n) is 4.35. The highest BCUT2D eigenvalue weighted by Gasteiger charge is 2.24. The smallest absolute Gasteiger partial charge is 0.363 e. The lowest BCUT2D eigenvalue weighted by Crippen LogP contribution is -2.05. The fourth-order valence-electron chi connectivity index (χ4n) is 1.88. The predicted octanol–water partition coefficient (Wildman–Crippen LogP) is 2.43. The number of rotatable bonds is 3. The highest BCUT2D eigenvalue weighted by atomic mass is 16.6. The summed E-state index contributed by atoms with van der Waals surface area (Å²) in [4.78, 5) is 20.0. The Morgan fingerprint density at radius 2 is 1.81 bits per heavy atom. The van der Waals surface area contributed by atoms with Crippen LogP contribution in [0.2, 0.25) is 0 Å². The van der Waals surface area contributed by atoms with Crippen LogP contribution < -0.4 is 4.74 Å². The van der Waals surface area contributed by atoms with Gasteiger partial charge < -0.3 is 9.47 Å². The molecular weight excluding hydrogens is 268 g/mol. The minimum absolute atomic E-state index is 0.270.